The van der Waals surface area contributed by atoms with Crippen LogP contribution >= 0.6 is 0 Å². The number of carbonyl (C=O) groups excluding carboxylic acids is 1. The second-order valence-corrected chi connectivity index (χ2v) is 4.30. The van der Waals surface area contributed by atoms with Crippen LogP contribution in [0.1, 0.15) is 29.6 Å². The van der Waals surface area contributed by atoms with Gasteiger partial charge in [-0.1, -0.05) is 0 Å². The molecular formula is C13H13FN2O2. The lowest BCUT2D eigenvalue weighted by molar-refractivity contribution is 0.0742. The highest BCUT2D eigenvalue weighted by Crippen LogP contribution is 2.29. The summed E-state index contributed by atoms with van der Waals surface area (Å²) in [5, 5.41) is 17.7. The lowest BCUT2D eigenvalue weighted by Gasteiger charge is -2.21. The summed E-state index contributed by atoms with van der Waals surface area (Å²) in [6, 6.07) is 5.58. The van der Waals surface area contributed by atoms with Crippen LogP contribution in [-0.4, -0.2) is 28.5 Å². The molecule has 1 aromatic rings. The minimum Gasteiger partial charge on any atom is -0.508 e. The molecule has 1 aliphatic rings. The Hall–Kier alpha value is -2.09. The van der Waals surface area contributed by atoms with E-state index in [2.05, 4.69) is 0 Å². The zero-order valence-corrected chi connectivity index (χ0v) is 9.77. The molecule has 0 aliphatic heterocycles. The predicted octanol–water partition coefficient (Wildman–Crippen LogP) is 2.05. The summed E-state index contributed by atoms with van der Waals surface area (Å²) in [7, 11) is 0. The monoisotopic (exact) mass is 248 g/mol. The number of phenolic OH excluding ortho intramolecular Hbond substituents is 1. The maximum Gasteiger partial charge on any atom is 0.257 e. The van der Waals surface area contributed by atoms with Crippen molar-refractivity contribution in [1.82, 2.24) is 4.90 Å². The van der Waals surface area contributed by atoms with E-state index in [-0.39, 0.29) is 23.8 Å². The van der Waals surface area contributed by atoms with Gasteiger partial charge in [-0.25, -0.2) is 4.39 Å². The number of carbonyl (C=O) groups is 1. The van der Waals surface area contributed by atoms with Crippen molar-refractivity contribution in [2.75, 3.05) is 6.54 Å². The Labute approximate surface area is 104 Å². The molecule has 0 aromatic heterocycles. The van der Waals surface area contributed by atoms with E-state index in [4.69, 9.17) is 10.4 Å². The van der Waals surface area contributed by atoms with E-state index in [0.717, 1.165) is 18.9 Å². The normalized spacial score (nSPS) is 14.0. The topological polar surface area (TPSA) is 64.3 Å². The van der Waals surface area contributed by atoms with Gasteiger partial charge in [-0.3, -0.25) is 4.79 Å². The van der Waals surface area contributed by atoms with E-state index < -0.39 is 11.7 Å². The largest absolute Gasteiger partial charge is 0.508 e. The van der Waals surface area contributed by atoms with Gasteiger partial charge in [0.15, 0.2) is 0 Å². The van der Waals surface area contributed by atoms with Crippen LogP contribution in [0, 0.1) is 17.1 Å². The number of nitrogens with zero attached hydrogens (tertiary/aromatic N) is 2. The molecule has 0 spiro atoms. The number of hydrogen-bond acceptors (Lipinski definition) is 3. The Morgan fingerprint density at radius 1 is 1.56 bits per heavy atom. The average molecular weight is 248 g/mol. The predicted molar refractivity (Wildman–Crippen MR) is 62.4 cm³/mol. The number of aromatic hydroxyl groups is 1. The van der Waals surface area contributed by atoms with Crippen LogP contribution in [-0.2, 0) is 0 Å². The van der Waals surface area contributed by atoms with Gasteiger partial charge in [-0.15, -0.1) is 0 Å². The molecule has 0 saturated heterocycles. The SMILES string of the molecule is N#CCCN(C(=O)c1ccc(O)cc1F)C1CC1. The Morgan fingerprint density at radius 3 is 2.83 bits per heavy atom. The smallest absolute Gasteiger partial charge is 0.257 e. The molecule has 1 aliphatic carbocycles. The van der Waals surface area contributed by atoms with Crippen molar-refractivity contribution in [3.8, 4) is 11.8 Å². The fraction of sp³-hybridized carbons (Fsp3) is 0.385. The van der Waals surface area contributed by atoms with Crippen LogP contribution in [0.5, 0.6) is 5.75 Å². The summed E-state index contributed by atoms with van der Waals surface area (Å²) in [6.07, 6.45) is 2.04. The average Bonchev–Trinajstić information content (AvgIpc) is 3.13. The third kappa shape index (κ3) is 2.59. The number of nitriles is 1. The van der Waals surface area contributed by atoms with Gasteiger partial charge in [-0.05, 0) is 25.0 Å². The van der Waals surface area contributed by atoms with Gasteiger partial charge in [0.1, 0.15) is 11.6 Å². The summed E-state index contributed by atoms with van der Waals surface area (Å²) >= 11 is 0. The Balaban J connectivity index is 2.19. The fourth-order valence-electron chi connectivity index (χ4n) is 1.84. The molecule has 0 atom stereocenters. The Bertz CT molecular complexity index is 506. The van der Waals surface area contributed by atoms with Crippen LogP contribution in [0.2, 0.25) is 0 Å². The summed E-state index contributed by atoms with van der Waals surface area (Å²) in [4.78, 5) is 13.7. The van der Waals surface area contributed by atoms with Gasteiger partial charge >= 0.3 is 0 Å². The maximum atomic E-state index is 13.6. The number of hydrogen-bond donors (Lipinski definition) is 1. The highest BCUT2D eigenvalue weighted by atomic mass is 19.1. The number of benzene rings is 1. The van der Waals surface area contributed by atoms with Gasteiger partial charge in [-0.2, -0.15) is 5.26 Å². The zero-order chi connectivity index (χ0) is 13.1. The van der Waals surface area contributed by atoms with Crippen molar-refractivity contribution in [2.24, 2.45) is 0 Å². The van der Waals surface area contributed by atoms with Crippen molar-refractivity contribution in [1.29, 1.82) is 5.26 Å². The van der Waals surface area contributed by atoms with Crippen molar-refractivity contribution in [3.63, 3.8) is 0 Å². The van der Waals surface area contributed by atoms with E-state index in [1.165, 1.54) is 12.1 Å². The number of phenols is 1. The van der Waals surface area contributed by atoms with Gasteiger partial charge in [0, 0.05) is 18.7 Å². The van der Waals surface area contributed by atoms with Crippen LogP contribution in [0.4, 0.5) is 4.39 Å². The first-order valence-corrected chi connectivity index (χ1v) is 5.80. The van der Waals surface area contributed by atoms with Crippen molar-refractivity contribution < 1.29 is 14.3 Å². The van der Waals surface area contributed by atoms with E-state index in [1.807, 2.05) is 6.07 Å². The van der Waals surface area contributed by atoms with Gasteiger partial charge in [0.25, 0.3) is 5.91 Å². The van der Waals surface area contributed by atoms with Gasteiger partial charge in [0.05, 0.1) is 18.1 Å². The summed E-state index contributed by atoms with van der Waals surface area (Å²) in [5.74, 6) is -1.35. The molecule has 2 rings (SSSR count). The van der Waals surface area contributed by atoms with E-state index in [0.29, 0.717) is 6.54 Å². The lowest BCUT2D eigenvalue weighted by atomic mass is 10.1. The number of halogens is 1. The standard InChI is InChI=1S/C13H13FN2O2/c14-12-8-10(17)4-5-11(12)13(18)16(7-1-6-15)9-2-3-9/h4-5,8-9,17H,1-3,7H2. The molecule has 5 heteroatoms. The zero-order valence-electron chi connectivity index (χ0n) is 9.77. The quantitative estimate of drug-likeness (QED) is 0.886. The molecule has 94 valence electrons. The number of rotatable bonds is 4. The Kier molecular flexibility index (Phi) is 3.47. The molecule has 1 N–H and O–H groups in total. The van der Waals surface area contributed by atoms with Crippen molar-refractivity contribution in [2.45, 2.75) is 25.3 Å². The van der Waals surface area contributed by atoms with Crippen LogP contribution < -0.4 is 0 Å². The van der Waals surface area contributed by atoms with Crippen LogP contribution in [0.3, 0.4) is 0 Å². The molecule has 18 heavy (non-hydrogen) atoms. The van der Waals surface area contributed by atoms with Gasteiger partial charge < -0.3 is 10.0 Å². The second-order valence-electron chi connectivity index (χ2n) is 4.30. The first-order chi connectivity index (χ1) is 8.63. The third-order valence-electron chi connectivity index (χ3n) is 2.90. The molecule has 0 heterocycles. The second kappa shape index (κ2) is 5.05. The molecule has 1 saturated carbocycles. The molecule has 0 bridgehead atoms. The van der Waals surface area contributed by atoms with E-state index >= 15 is 0 Å². The molecule has 1 amide bonds. The summed E-state index contributed by atoms with van der Waals surface area (Å²) in [6.45, 7) is 0.320. The van der Waals surface area contributed by atoms with E-state index in [1.54, 1.807) is 4.90 Å². The van der Waals surface area contributed by atoms with Crippen LogP contribution in [0.25, 0.3) is 0 Å². The molecular weight excluding hydrogens is 235 g/mol. The first kappa shape index (κ1) is 12.4. The first-order valence-electron chi connectivity index (χ1n) is 5.80. The third-order valence-corrected chi connectivity index (χ3v) is 2.90. The summed E-state index contributed by atoms with van der Waals surface area (Å²) in [5.41, 5.74) is -0.0577. The lowest BCUT2D eigenvalue weighted by Crippen LogP contribution is -2.34. The molecule has 1 fully saturated rings. The highest BCUT2D eigenvalue weighted by molar-refractivity contribution is 5.95. The minimum absolute atomic E-state index is 0.0577. The molecule has 1 aromatic carbocycles. The Morgan fingerprint density at radius 2 is 2.28 bits per heavy atom. The van der Waals surface area contributed by atoms with Gasteiger partial charge in [0.2, 0.25) is 0 Å². The number of amides is 1. The van der Waals surface area contributed by atoms with Crippen molar-refractivity contribution >= 4 is 5.91 Å². The molecule has 0 radical (unpaired) electrons. The van der Waals surface area contributed by atoms with Crippen LogP contribution in [0.15, 0.2) is 18.2 Å². The molecule has 4 nitrogen and oxygen atoms in total. The minimum atomic E-state index is -0.734. The molecule has 0 unspecified atom stereocenters. The fourth-order valence-corrected chi connectivity index (χ4v) is 1.84. The summed E-state index contributed by atoms with van der Waals surface area (Å²) < 4.78 is 13.6. The van der Waals surface area contributed by atoms with Crippen molar-refractivity contribution in [3.05, 3.63) is 29.6 Å². The van der Waals surface area contributed by atoms with E-state index in [9.17, 15) is 9.18 Å². The maximum absolute atomic E-state index is 13.6. The highest BCUT2D eigenvalue weighted by Gasteiger charge is 2.33.